The number of nitrogens with zero attached hydrogens (tertiary/aromatic N) is 1. The molecular weight excluding hydrogens is 395 g/mol. The number of hydrogen-bond donors (Lipinski definition) is 1. The van der Waals surface area contributed by atoms with Crippen LogP contribution in [0, 0.1) is 12.7 Å². The number of anilines is 1. The lowest BCUT2D eigenvalue weighted by atomic mass is 9.89. The van der Waals surface area contributed by atoms with Crippen LogP contribution in [0.1, 0.15) is 37.4 Å². The molecule has 156 valence electrons. The van der Waals surface area contributed by atoms with Gasteiger partial charge in [-0.05, 0) is 50.6 Å². The molecule has 3 rings (SSSR count). The molecule has 0 aliphatic carbocycles. The Balaban J connectivity index is 1.84. The minimum atomic E-state index is -3.78. The highest BCUT2D eigenvalue weighted by Crippen LogP contribution is 2.39. The van der Waals surface area contributed by atoms with Crippen molar-refractivity contribution in [1.29, 1.82) is 0 Å². The highest BCUT2D eigenvalue weighted by atomic mass is 32.2. The zero-order valence-corrected chi connectivity index (χ0v) is 17.7. The maximum absolute atomic E-state index is 13.6. The standard InChI is InChI=1S/C21H25FN2O4S/c1-14-8-9-17-18(12-21(2,3)28-19(17)10-14)23-20(25)13-24(29(4,26)27)16-7-5-6-15(22)11-16/h5-11,18H,12-13H2,1-4H3,(H,23,25)/t18-/m0/s1. The molecule has 1 heterocycles. The Morgan fingerprint density at radius 3 is 2.66 bits per heavy atom. The minimum Gasteiger partial charge on any atom is -0.487 e. The Morgan fingerprint density at radius 1 is 1.28 bits per heavy atom. The van der Waals surface area contributed by atoms with Gasteiger partial charge in [0.05, 0.1) is 18.0 Å². The van der Waals surface area contributed by atoms with Gasteiger partial charge in [-0.25, -0.2) is 12.8 Å². The first kappa shape index (κ1) is 21.1. The van der Waals surface area contributed by atoms with Crippen molar-refractivity contribution in [3.05, 3.63) is 59.4 Å². The minimum absolute atomic E-state index is 0.103. The van der Waals surface area contributed by atoms with E-state index in [1.54, 1.807) is 0 Å². The first-order valence-corrected chi connectivity index (χ1v) is 11.1. The zero-order valence-electron chi connectivity index (χ0n) is 16.9. The number of nitrogens with one attached hydrogen (secondary N) is 1. The van der Waals surface area contributed by atoms with Gasteiger partial charge < -0.3 is 10.1 Å². The molecule has 29 heavy (non-hydrogen) atoms. The smallest absolute Gasteiger partial charge is 0.241 e. The van der Waals surface area contributed by atoms with Crippen LogP contribution < -0.4 is 14.4 Å². The van der Waals surface area contributed by atoms with E-state index in [1.807, 2.05) is 39.0 Å². The fourth-order valence-corrected chi connectivity index (χ4v) is 4.34. The number of fused-ring (bicyclic) bond motifs is 1. The van der Waals surface area contributed by atoms with Crippen LogP contribution in [0.15, 0.2) is 42.5 Å². The van der Waals surface area contributed by atoms with Gasteiger partial charge in [0.2, 0.25) is 15.9 Å². The Labute approximate surface area is 170 Å². The molecule has 8 heteroatoms. The number of halogens is 1. The summed E-state index contributed by atoms with van der Waals surface area (Å²) in [6, 6.07) is 10.6. The molecule has 1 aliphatic rings. The third-order valence-electron chi connectivity index (χ3n) is 4.75. The van der Waals surface area contributed by atoms with E-state index < -0.39 is 33.9 Å². The van der Waals surface area contributed by atoms with E-state index in [4.69, 9.17) is 4.74 Å². The lowest BCUT2D eigenvalue weighted by Crippen LogP contribution is -2.45. The van der Waals surface area contributed by atoms with Gasteiger partial charge in [-0.1, -0.05) is 18.2 Å². The van der Waals surface area contributed by atoms with Crippen LogP contribution in [0.25, 0.3) is 0 Å². The largest absolute Gasteiger partial charge is 0.487 e. The lowest BCUT2D eigenvalue weighted by molar-refractivity contribution is -0.120. The third kappa shape index (κ3) is 5.06. The molecule has 0 aromatic heterocycles. The molecule has 2 aromatic rings. The summed E-state index contributed by atoms with van der Waals surface area (Å²) < 4.78 is 44.9. The monoisotopic (exact) mass is 420 g/mol. The number of rotatable bonds is 5. The van der Waals surface area contributed by atoms with E-state index in [9.17, 15) is 17.6 Å². The van der Waals surface area contributed by atoms with E-state index in [0.29, 0.717) is 12.2 Å². The third-order valence-corrected chi connectivity index (χ3v) is 5.89. The fraction of sp³-hybridized carbons (Fsp3) is 0.381. The number of hydrogen-bond acceptors (Lipinski definition) is 4. The van der Waals surface area contributed by atoms with E-state index in [0.717, 1.165) is 27.8 Å². The zero-order chi connectivity index (χ0) is 21.4. The first-order valence-electron chi connectivity index (χ1n) is 9.27. The topological polar surface area (TPSA) is 75.7 Å². The van der Waals surface area contributed by atoms with Gasteiger partial charge in [0.15, 0.2) is 0 Å². The second kappa shape index (κ2) is 7.67. The SMILES string of the molecule is Cc1ccc2c(c1)OC(C)(C)C[C@@H]2NC(=O)CN(c1cccc(F)c1)S(C)(=O)=O. The van der Waals surface area contributed by atoms with Crippen molar-refractivity contribution in [3.63, 3.8) is 0 Å². The van der Waals surface area contributed by atoms with Crippen molar-refractivity contribution in [2.24, 2.45) is 0 Å². The summed E-state index contributed by atoms with van der Waals surface area (Å²) in [4.78, 5) is 12.8. The van der Waals surface area contributed by atoms with Gasteiger partial charge in [-0.3, -0.25) is 9.10 Å². The van der Waals surface area contributed by atoms with Gasteiger partial charge in [0.1, 0.15) is 23.7 Å². The number of aryl methyl sites for hydroxylation is 1. The van der Waals surface area contributed by atoms with Gasteiger partial charge in [0.25, 0.3) is 0 Å². The van der Waals surface area contributed by atoms with Crippen LogP contribution in [0.4, 0.5) is 10.1 Å². The average molecular weight is 421 g/mol. The second-order valence-corrected chi connectivity index (χ2v) is 9.88. The highest BCUT2D eigenvalue weighted by Gasteiger charge is 2.35. The number of carbonyl (C=O) groups is 1. The van der Waals surface area contributed by atoms with Gasteiger partial charge >= 0.3 is 0 Å². The Bertz CT molecular complexity index is 1040. The molecule has 6 nitrogen and oxygen atoms in total. The quantitative estimate of drug-likeness (QED) is 0.805. The van der Waals surface area contributed by atoms with Gasteiger partial charge in [-0.2, -0.15) is 0 Å². The Morgan fingerprint density at radius 2 is 2.00 bits per heavy atom. The van der Waals surface area contributed by atoms with Gasteiger partial charge in [-0.15, -0.1) is 0 Å². The number of sulfonamides is 1. The summed E-state index contributed by atoms with van der Waals surface area (Å²) >= 11 is 0. The van der Waals surface area contributed by atoms with Crippen molar-refractivity contribution >= 4 is 21.6 Å². The van der Waals surface area contributed by atoms with Crippen LogP contribution in [-0.2, 0) is 14.8 Å². The van der Waals surface area contributed by atoms with Crippen molar-refractivity contribution in [2.75, 3.05) is 17.1 Å². The molecule has 0 fully saturated rings. The highest BCUT2D eigenvalue weighted by molar-refractivity contribution is 7.92. The predicted molar refractivity (Wildman–Crippen MR) is 110 cm³/mol. The molecule has 0 bridgehead atoms. The molecule has 1 aliphatic heterocycles. The lowest BCUT2D eigenvalue weighted by Gasteiger charge is -2.38. The Hall–Kier alpha value is -2.61. The molecule has 2 aromatic carbocycles. The second-order valence-electron chi connectivity index (χ2n) is 7.98. The molecule has 0 radical (unpaired) electrons. The summed E-state index contributed by atoms with van der Waals surface area (Å²) in [6.45, 7) is 5.39. The van der Waals surface area contributed by atoms with Crippen LogP contribution in [-0.4, -0.2) is 32.7 Å². The van der Waals surface area contributed by atoms with Crippen molar-refractivity contribution in [3.8, 4) is 5.75 Å². The summed E-state index contributed by atoms with van der Waals surface area (Å²) in [7, 11) is -3.78. The molecule has 1 amide bonds. The fourth-order valence-electron chi connectivity index (χ4n) is 3.49. The van der Waals surface area contributed by atoms with E-state index >= 15 is 0 Å². The van der Waals surface area contributed by atoms with E-state index in [2.05, 4.69) is 5.32 Å². The molecule has 1 N–H and O–H groups in total. The first-order chi connectivity index (χ1) is 13.4. The summed E-state index contributed by atoms with van der Waals surface area (Å²) in [6.07, 6.45) is 1.52. The predicted octanol–water partition coefficient (Wildman–Crippen LogP) is 3.32. The normalized spacial score (nSPS) is 17.8. The number of ether oxygens (including phenoxy) is 1. The molecule has 0 saturated carbocycles. The van der Waals surface area contributed by atoms with Crippen LogP contribution in [0.3, 0.4) is 0 Å². The Kier molecular flexibility index (Phi) is 5.58. The van der Waals surface area contributed by atoms with Crippen molar-refractivity contribution in [1.82, 2.24) is 5.32 Å². The van der Waals surface area contributed by atoms with E-state index in [1.165, 1.54) is 18.2 Å². The summed E-state index contributed by atoms with van der Waals surface area (Å²) in [5, 5.41) is 2.92. The number of amides is 1. The number of benzene rings is 2. The molecule has 1 atom stereocenters. The van der Waals surface area contributed by atoms with E-state index in [-0.39, 0.29) is 11.7 Å². The van der Waals surface area contributed by atoms with Crippen LogP contribution >= 0.6 is 0 Å². The van der Waals surface area contributed by atoms with Crippen LogP contribution in [0.5, 0.6) is 5.75 Å². The molecule has 0 saturated heterocycles. The number of carbonyl (C=O) groups excluding carboxylic acids is 1. The maximum Gasteiger partial charge on any atom is 0.241 e. The molecular formula is C21H25FN2O4S. The maximum atomic E-state index is 13.6. The average Bonchev–Trinajstić information content (AvgIpc) is 2.57. The van der Waals surface area contributed by atoms with Crippen molar-refractivity contribution in [2.45, 2.75) is 38.8 Å². The summed E-state index contributed by atoms with van der Waals surface area (Å²) in [5.41, 5.74) is 1.50. The van der Waals surface area contributed by atoms with Gasteiger partial charge in [0, 0.05) is 12.0 Å². The molecule has 0 unspecified atom stereocenters. The van der Waals surface area contributed by atoms with Crippen molar-refractivity contribution < 1.29 is 22.3 Å². The summed E-state index contributed by atoms with van der Waals surface area (Å²) in [5.74, 6) is -0.349. The van der Waals surface area contributed by atoms with Crippen LogP contribution in [0.2, 0.25) is 0 Å². The molecule has 0 spiro atoms.